The fourth-order valence-electron chi connectivity index (χ4n) is 2.66. The number of pyridine rings is 1. The molecule has 30 heavy (non-hydrogen) atoms. The summed E-state index contributed by atoms with van der Waals surface area (Å²) in [5.41, 5.74) is 4.02. The molecule has 10 heteroatoms. The topological polar surface area (TPSA) is 80.0 Å². The molecule has 146 valence electrons. The van der Waals surface area contributed by atoms with Gasteiger partial charge in [0, 0.05) is 33.0 Å². The molecule has 0 spiro atoms. The van der Waals surface area contributed by atoms with Crippen molar-refractivity contribution in [3.8, 4) is 28.0 Å². The number of benzene rings is 1. The van der Waals surface area contributed by atoms with Gasteiger partial charge in [-0.25, -0.2) is 14.8 Å². The molecule has 0 amide bonds. The van der Waals surface area contributed by atoms with Crippen molar-refractivity contribution in [3.05, 3.63) is 75.1 Å². The van der Waals surface area contributed by atoms with Crippen molar-refractivity contribution in [3.63, 3.8) is 0 Å². The first kappa shape index (κ1) is 20.4. The van der Waals surface area contributed by atoms with Crippen LogP contribution in [0, 0.1) is 17.9 Å². The lowest BCUT2D eigenvalue weighted by atomic mass is 10.1. The van der Waals surface area contributed by atoms with Gasteiger partial charge < -0.3 is 4.42 Å². The number of hydrogen-bond donors (Lipinski definition) is 0. The molecule has 0 saturated heterocycles. The van der Waals surface area contributed by atoms with Crippen molar-refractivity contribution in [2.24, 2.45) is 0 Å². The number of thioether (sulfide) groups is 1. The van der Waals surface area contributed by atoms with E-state index in [9.17, 15) is 5.26 Å². The van der Waals surface area contributed by atoms with Crippen molar-refractivity contribution in [1.29, 1.82) is 5.26 Å². The second kappa shape index (κ2) is 8.86. The van der Waals surface area contributed by atoms with Gasteiger partial charge in [-0.15, -0.1) is 11.3 Å². The number of oxazole rings is 1. The lowest BCUT2D eigenvalue weighted by Gasteiger charge is -2.10. The maximum absolute atomic E-state index is 9.77. The van der Waals surface area contributed by atoms with Gasteiger partial charge in [0.25, 0.3) is 0 Å². The van der Waals surface area contributed by atoms with Gasteiger partial charge in [0.2, 0.25) is 11.6 Å². The van der Waals surface area contributed by atoms with Gasteiger partial charge >= 0.3 is 0 Å². The van der Waals surface area contributed by atoms with E-state index in [1.54, 1.807) is 30.1 Å². The molecule has 6 nitrogen and oxygen atoms in total. The van der Waals surface area contributed by atoms with Gasteiger partial charge in [0.15, 0.2) is 0 Å². The first-order chi connectivity index (χ1) is 14.6. The van der Waals surface area contributed by atoms with Crippen LogP contribution in [0.15, 0.2) is 51.7 Å². The number of nitriles is 1. The summed E-state index contributed by atoms with van der Waals surface area (Å²) in [6, 6.07) is 9.34. The van der Waals surface area contributed by atoms with Crippen LogP contribution in [0.5, 0.6) is 0 Å². The first-order valence-corrected chi connectivity index (χ1v) is 11.0. The average molecular weight is 470 g/mol. The third-order valence-electron chi connectivity index (χ3n) is 4.00. The van der Waals surface area contributed by atoms with Crippen molar-refractivity contribution >= 4 is 52.0 Å². The van der Waals surface area contributed by atoms with Crippen LogP contribution in [-0.2, 0) is 5.75 Å². The van der Waals surface area contributed by atoms with Crippen molar-refractivity contribution < 1.29 is 4.42 Å². The molecule has 0 bridgehead atoms. The van der Waals surface area contributed by atoms with E-state index in [2.05, 4.69) is 25.9 Å². The van der Waals surface area contributed by atoms with E-state index in [1.165, 1.54) is 23.1 Å². The van der Waals surface area contributed by atoms with Crippen molar-refractivity contribution in [2.75, 3.05) is 0 Å². The normalized spacial score (nSPS) is 10.5. The zero-order chi connectivity index (χ0) is 21.1. The Balaban J connectivity index is 1.64. The highest BCUT2D eigenvalue weighted by Crippen LogP contribution is 2.43. The molecule has 0 aliphatic carbocycles. The highest BCUT2D eigenvalue weighted by molar-refractivity contribution is 7.98. The van der Waals surface area contributed by atoms with Crippen LogP contribution in [0.1, 0.15) is 11.3 Å². The molecule has 4 aromatic rings. The molecule has 4 rings (SSSR count). The Labute approximate surface area is 190 Å². The Hall–Kier alpha value is -2.88. The SMILES string of the molecule is [C-]#[N+]c1c(Cl)nc(SCc2coc(-c3ccc(Cl)cc3)n2)c(C#N)c1-c1cncs1. The summed E-state index contributed by atoms with van der Waals surface area (Å²) in [6.45, 7) is 7.44. The lowest BCUT2D eigenvalue weighted by molar-refractivity contribution is 0.573. The van der Waals surface area contributed by atoms with Crippen molar-refractivity contribution in [1.82, 2.24) is 15.0 Å². The number of halogens is 2. The number of hydrogen-bond acceptors (Lipinski definition) is 7. The van der Waals surface area contributed by atoms with Gasteiger partial charge in [-0.3, -0.25) is 4.98 Å². The molecule has 3 heterocycles. The van der Waals surface area contributed by atoms with Crippen LogP contribution in [-0.4, -0.2) is 15.0 Å². The van der Waals surface area contributed by atoms with Crippen LogP contribution in [0.4, 0.5) is 5.69 Å². The van der Waals surface area contributed by atoms with Crippen molar-refractivity contribution in [2.45, 2.75) is 10.8 Å². The molecular weight excluding hydrogens is 461 g/mol. The summed E-state index contributed by atoms with van der Waals surface area (Å²) < 4.78 is 5.55. The minimum absolute atomic E-state index is 0.0527. The van der Waals surface area contributed by atoms with E-state index < -0.39 is 0 Å². The van der Waals surface area contributed by atoms with Gasteiger partial charge in [0.05, 0.1) is 23.3 Å². The van der Waals surface area contributed by atoms with Crippen LogP contribution in [0.2, 0.25) is 10.2 Å². The molecule has 0 radical (unpaired) electrons. The number of aromatic nitrogens is 3. The molecule has 0 aliphatic heterocycles. The molecule has 0 atom stereocenters. The van der Waals surface area contributed by atoms with E-state index in [-0.39, 0.29) is 10.8 Å². The van der Waals surface area contributed by atoms with Crippen LogP contribution < -0.4 is 0 Å². The van der Waals surface area contributed by atoms with E-state index in [1.807, 2.05) is 12.1 Å². The average Bonchev–Trinajstić information content (AvgIpc) is 3.44. The smallest absolute Gasteiger partial charge is 0.233 e. The summed E-state index contributed by atoms with van der Waals surface area (Å²) in [5.74, 6) is 0.886. The van der Waals surface area contributed by atoms with Gasteiger partial charge in [-0.05, 0) is 24.3 Å². The lowest BCUT2D eigenvalue weighted by Crippen LogP contribution is -1.94. The van der Waals surface area contributed by atoms with Crippen LogP contribution in [0.3, 0.4) is 0 Å². The zero-order valence-corrected chi connectivity index (χ0v) is 18.1. The quantitative estimate of drug-likeness (QED) is 0.180. The molecule has 3 aromatic heterocycles. The standard InChI is InChI=1S/C20H9Cl2N5OS2/c1-24-17-16(15-7-25-10-30-15)14(6-23)20(27-18(17)22)29-9-13-8-28-19(26-13)11-2-4-12(21)5-3-11/h2-5,7-8,10H,9H2. The fraction of sp³-hybridized carbons (Fsp3) is 0.0500. The highest BCUT2D eigenvalue weighted by atomic mass is 35.5. The van der Waals surface area contributed by atoms with E-state index in [4.69, 9.17) is 34.2 Å². The predicted molar refractivity (Wildman–Crippen MR) is 118 cm³/mol. The fourth-order valence-corrected chi connectivity index (χ4v) is 4.59. The first-order valence-electron chi connectivity index (χ1n) is 8.33. The van der Waals surface area contributed by atoms with E-state index in [0.29, 0.717) is 43.4 Å². The molecular formula is C20H9Cl2N5OS2. The molecule has 0 aliphatic rings. The maximum Gasteiger partial charge on any atom is 0.233 e. The summed E-state index contributed by atoms with van der Waals surface area (Å²) in [7, 11) is 0. The maximum atomic E-state index is 9.77. The Morgan fingerprint density at radius 3 is 2.70 bits per heavy atom. The van der Waals surface area contributed by atoms with Gasteiger partial charge in [-0.2, -0.15) is 5.26 Å². The summed E-state index contributed by atoms with van der Waals surface area (Å²) in [5, 5.41) is 10.9. The summed E-state index contributed by atoms with van der Waals surface area (Å²) in [6.07, 6.45) is 3.17. The minimum atomic E-state index is 0.0527. The summed E-state index contributed by atoms with van der Waals surface area (Å²) in [4.78, 5) is 17.0. The molecule has 0 N–H and O–H groups in total. The molecule has 1 aromatic carbocycles. The number of rotatable bonds is 5. The highest BCUT2D eigenvalue weighted by Gasteiger charge is 2.22. The molecule has 0 fully saturated rings. The summed E-state index contributed by atoms with van der Waals surface area (Å²) >= 11 is 14.8. The predicted octanol–water partition coefficient (Wildman–Crippen LogP) is 6.88. The Morgan fingerprint density at radius 1 is 1.23 bits per heavy atom. The largest absolute Gasteiger partial charge is 0.444 e. The van der Waals surface area contributed by atoms with Gasteiger partial charge in [-0.1, -0.05) is 35.0 Å². The number of nitrogens with zero attached hydrogens (tertiary/aromatic N) is 5. The van der Waals surface area contributed by atoms with E-state index >= 15 is 0 Å². The Morgan fingerprint density at radius 2 is 2.03 bits per heavy atom. The Bertz CT molecular complexity index is 1290. The third kappa shape index (κ3) is 4.04. The van der Waals surface area contributed by atoms with Crippen LogP contribution in [0.25, 0.3) is 26.7 Å². The monoisotopic (exact) mass is 469 g/mol. The second-order valence-corrected chi connectivity index (χ2v) is 8.48. The van der Waals surface area contributed by atoms with E-state index in [0.717, 1.165) is 5.56 Å². The minimum Gasteiger partial charge on any atom is -0.444 e. The number of thiazole rings is 1. The molecule has 0 saturated carbocycles. The Kier molecular flexibility index (Phi) is 6.03. The zero-order valence-electron chi connectivity index (χ0n) is 15.0. The van der Waals surface area contributed by atoms with Crippen LogP contribution >= 0.6 is 46.3 Å². The second-order valence-electron chi connectivity index (χ2n) is 5.84. The molecule has 0 unspecified atom stereocenters. The third-order valence-corrected chi connectivity index (χ3v) is 6.31. The van der Waals surface area contributed by atoms with Gasteiger partial charge in [0.1, 0.15) is 22.5 Å².